The first-order valence-corrected chi connectivity index (χ1v) is 9.80. The van der Waals surface area contributed by atoms with Crippen LogP contribution in [0.4, 0.5) is 0 Å². The maximum absolute atomic E-state index is 6.72. The van der Waals surface area contributed by atoms with E-state index in [2.05, 4.69) is 19.9 Å². The summed E-state index contributed by atoms with van der Waals surface area (Å²) in [6.45, 7) is 5.03. The normalized spacial score (nSPS) is 56.2. The highest BCUT2D eigenvalue weighted by atomic mass is 35.5. The lowest BCUT2D eigenvalue weighted by Crippen LogP contribution is -2.50. The maximum Gasteiger partial charge on any atom is 0.0392 e. The van der Waals surface area contributed by atoms with Crippen LogP contribution in [0.1, 0.15) is 65.2 Å². The zero-order valence-corrected chi connectivity index (χ0v) is 14.9. The minimum absolute atomic E-state index is 0.383. The van der Waals surface area contributed by atoms with Gasteiger partial charge in [0.1, 0.15) is 0 Å². The highest BCUT2D eigenvalue weighted by Gasteiger charge is 2.58. The van der Waals surface area contributed by atoms with E-state index < -0.39 is 0 Å². The Kier molecular flexibility index (Phi) is 3.48. The summed E-state index contributed by atoms with van der Waals surface area (Å²) in [6, 6.07) is 0. The first kappa shape index (κ1) is 14.9. The maximum atomic E-state index is 6.72. The molecule has 0 nitrogen and oxygen atoms in total. The van der Waals surface area contributed by atoms with E-state index in [0.717, 1.165) is 24.2 Å². The summed E-state index contributed by atoms with van der Waals surface area (Å²) in [5, 5.41) is 0.800. The minimum atomic E-state index is 0.383. The third kappa shape index (κ3) is 2.01. The van der Waals surface area contributed by atoms with E-state index in [1.54, 1.807) is 5.57 Å². The van der Waals surface area contributed by atoms with Crippen molar-refractivity contribution in [2.24, 2.45) is 28.6 Å². The second kappa shape index (κ2) is 4.91. The Hall–Kier alpha value is 0.320. The molecule has 0 amide bonds. The molecule has 0 aliphatic heterocycles. The second-order valence-electron chi connectivity index (χ2n) is 8.69. The van der Waals surface area contributed by atoms with E-state index in [0.29, 0.717) is 21.6 Å². The predicted octanol–water partition coefficient (Wildman–Crippen LogP) is 6.16. The monoisotopic (exact) mass is 326 g/mol. The molecule has 4 aliphatic rings. The van der Waals surface area contributed by atoms with Crippen LogP contribution in [0.2, 0.25) is 0 Å². The van der Waals surface area contributed by atoms with Gasteiger partial charge < -0.3 is 0 Å². The molecule has 2 unspecified atom stereocenters. The molecule has 0 saturated heterocycles. The van der Waals surface area contributed by atoms with Crippen molar-refractivity contribution in [1.29, 1.82) is 0 Å². The number of rotatable bonds is 0. The fourth-order valence-corrected chi connectivity index (χ4v) is 7.22. The van der Waals surface area contributed by atoms with Gasteiger partial charge >= 0.3 is 0 Å². The summed E-state index contributed by atoms with van der Waals surface area (Å²) in [6.07, 6.45) is 12.9. The zero-order valence-electron chi connectivity index (χ0n) is 13.4. The summed E-state index contributed by atoms with van der Waals surface area (Å²) >= 11 is 13.2. The van der Waals surface area contributed by atoms with Gasteiger partial charge in [-0.2, -0.15) is 0 Å². The van der Waals surface area contributed by atoms with Crippen molar-refractivity contribution in [2.45, 2.75) is 76.0 Å². The van der Waals surface area contributed by atoms with Gasteiger partial charge in [-0.1, -0.05) is 25.5 Å². The van der Waals surface area contributed by atoms with Crippen LogP contribution in [0, 0.1) is 28.6 Å². The van der Waals surface area contributed by atoms with E-state index in [-0.39, 0.29) is 0 Å². The molecule has 0 aromatic heterocycles. The Morgan fingerprint density at radius 2 is 1.81 bits per heavy atom. The number of alkyl halides is 2. The van der Waals surface area contributed by atoms with Crippen LogP contribution in [0.3, 0.4) is 0 Å². The van der Waals surface area contributed by atoms with Gasteiger partial charge in [0.05, 0.1) is 0 Å². The zero-order chi connectivity index (χ0) is 14.8. The molecule has 3 fully saturated rings. The van der Waals surface area contributed by atoms with Crippen molar-refractivity contribution in [1.82, 2.24) is 0 Å². The van der Waals surface area contributed by atoms with Gasteiger partial charge in [-0.15, -0.1) is 23.2 Å². The number of allylic oxidation sites excluding steroid dienone is 2. The van der Waals surface area contributed by atoms with Gasteiger partial charge in [0, 0.05) is 10.8 Å². The third-order valence-corrected chi connectivity index (χ3v) is 9.02. The van der Waals surface area contributed by atoms with Gasteiger partial charge in [0.2, 0.25) is 0 Å². The molecule has 4 aliphatic carbocycles. The Bertz CT molecular complexity index is 470. The Morgan fingerprint density at radius 3 is 2.62 bits per heavy atom. The molecule has 7 atom stereocenters. The first-order chi connectivity index (χ1) is 9.95. The van der Waals surface area contributed by atoms with E-state index in [1.807, 2.05) is 0 Å². The minimum Gasteiger partial charge on any atom is -0.123 e. The van der Waals surface area contributed by atoms with Crippen molar-refractivity contribution in [2.75, 3.05) is 0 Å². The lowest BCUT2D eigenvalue weighted by Gasteiger charge is -2.57. The summed E-state index contributed by atoms with van der Waals surface area (Å²) in [7, 11) is 0. The van der Waals surface area contributed by atoms with Crippen LogP contribution in [0.25, 0.3) is 0 Å². The average molecular weight is 327 g/mol. The average Bonchev–Trinajstić information content (AvgIpc) is 2.76. The SMILES string of the molecule is C[C@]12CCC(Cl)CC1=CC[C@@H]1[C@@H]2CC[C@]2(C)C(Cl)CC[C@@H]12. The molecule has 21 heavy (non-hydrogen) atoms. The second-order valence-corrected chi connectivity index (χ2v) is 9.83. The Morgan fingerprint density at radius 1 is 1.00 bits per heavy atom. The number of hydrogen-bond donors (Lipinski definition) is 0. The lowest BCUT2D eigenvalue weighted by molar-refractivity contribution is -0.0234. The van der Waals surface area contributed by atoms with Crippen molar-refractivity contribution in [3.8, 4) is 0 Å². The van der Waals surface area contributed by atoms with Crippen LogP contribution < -0.4 is 0 Å². The fourth-order valence-electron chi connectivity index (χ4n) is 6.55. The number of hydrogen-bond acceptors (Lipinski definition) is 0. The van der Waals surface area contributed by atoms with Gasteiger partial charge in [0.15, 0.2) is 0 Å². The Balaban J connectivity index is 1.68. The standard InChI is InChI=1S/C19H28Cl2/c1-18-9-7-13(20)11-12(18)3-4-14-15-5-6-17(21)19(15,2)10-8-16(14)18/h3,13-17H,4-11H2,1-2H3/t13?,14-,15-,16-,17?,18-,19-/m0/s1. The van der Waals surface area contributed by atoms with E-state index in [4.69, 9.17) is 23.2 Å². The molecule has 0 aromatic carbocycles. The molecule has 3 saturated carbocycles. The third-order valence-electron chi connectivity index (χ3n) is 7.93. The molecule has 0 spiro atoms. The molecule has 0 N–H and O–H groups in total. The molecule has 0 heterocycles. The molecular formula is C19H28Cl2. The summed E-state index contributed by atoms with van der Waals surface area (Å²) in [4.78, 5) is 0. The number of fused-ring (bicyclic) bond motifs is 5. The van der Waals surface area contributed by atoms with Crippen molar-refractivity contribution < 1.29 is 0 Å². The van der Waals surface area contributed by atoms with Crippen LogP contribution in [-0.2, 0) is 0 Å². The van der Waals surface area contributed by atoms with E-state index in [1.165, 1.54) is 44.9 Å². The number of halogens is 2. The topological polar surface area (TPSA) is 0 Å². The first-order valence-electron chi connectivity index (χ1n) is 8.93. The van der Waals surface area contributed by atoms with Crippen molar-refractivity contribution in [3.63, 3.8) is 0 Å². The van der Waals surface area contributed by atoms with Crippen LogP contribution in [0.5, 0.6) is 0 Å². The van der Waals surface area contributed by atoms with Crippen molar-refractivity contribution >= 4 is 23.2 Å². The summed E-state index contributed by atoms with van der Waals surface area (Å²) in [5.74, 6) is 2.64. The molecule has 4 rings (SSSR count). The Labute approximate surface area is 139 Å². The molecular weight excluding hydrogens is 299 g/mol. The van der Waals surface area contributed by atoms with Crippen LogP contribution >= 0.6 is 23.2 Å². The van der Waals surface area contributed by atoms with Crippen molar-refractivity contribution in [3.05, 3.63) is 11.6 Å². The molecule has 2 heteroatoms. The summed E-state index contributed by atoms with van der Waals surface area (Å²) < 4.78 is 0. The largest absolute Gasteiger partial charge is 0.123 e. The summed E-state index contributed by atoms with van der Waals surface area (Å²) in [5.41, 5.74) is 2.55. The fraction of sp³-hybridized carbons (Fsp3) is 0.895. The smallest absolute Gasteiger partial charge is 0.0392 e. The lowest BCUT2D eigenvalue weighted by atomic mass is 9.48. The highest BCUT2D eigenvalue weighted by molar-refractivity contribution is 6.21. The van der Waals surface area contributed by atoms with Crippen LogP contribution in [0.15, 0.2) is 11.6 Å². The van der Waals surface area contributed by atoms with E-state index in [9.17, 15) is 0 Å². The quantitative estimate of drug-likeness (QED) is 0.369. The van der Waals surface area contributed by atoms with Gasteiger partial charge in [0.25, 0.3) is 0 Å². The molecule has 0 bridgehead atoms. The van der Waals surface area contributed by atoms with Crippen LogP contribution in [-0.4, -0.2) is 10.8 Å². The van der Waals surface area contributed by atoms with Gasteiger partial charge in [-0.3, -0.25) is 0 Å². The molecule has 118 valence electrons. The highest BCUT2D eigenvalue weighted by Crippen LogP contribution is 2.65. The van der Waals surface area contributed by atoms with Gasteiger partial charge in [-0.25, -0.2) is 0 Å². The predicted molar refractivity (Wildman–Crippen MR) is 91.0 cm³/mol. The van der Waals surface area contributed by atoms with E-state index >= 15 is 0 Å². The van der Waals surface area contributed by atoms with Gasteiger partial charge in [-0.05, 0) is 80.0 Å². The molecule has 0 radical (unpaired) electrons. The molecule has 0 aromatic rings.